The molecule has 112 valence electrons. The molecule has 1 aromatic rings. The van der Waals surface area contributed by atoms with Gasteiger partial charge in [-0.1, -0.05) is 13.8 Å². The van der Waals surface area contributed by atoms with E-state index in [0.717, 1.165) is 12.1 Å². The minimum atomic E-state index is -3.96. The van der Waals surface area contributed by atoms with Crippen LogP contribution >= 0.6 is 0 Å². The van der Waals surface area contributed by atoms with Crippen LogP contribution in [-0.2, 0) is 10.0 Å². The Morgan fingerprint density at radius 3 is 2.55 bits per heavy atom. The van der Waals surface area contributed by atoms with Crippen molar-refractivity contribution in [3.8, 4) is 0 Å². The predicted octanol–water partition coefficient (Wildman–Crippen LogP) is 0.996. The zero-order valence-electron chi connectivity index (χ0n) is 11.0. The van der Waals surface area contributed by atoms with Gasteiger partial charge < -0.3 is 5.73 Å². The van der Waals surface area contributed by atoms with Gasteiger partial charge in [0, 0.05) is 18.7 Å². The molecule has 0 bridgehead atoms. The predicted molar refractivity (Wildman–Crippen MR) is 71.1 cm³/mol. The first-order valence-electron chi connectivity index (χ1n) is 5.84. The zero-order chi connectivity index (χ0) is 15.5. The van der Waals surface area contributed by atoms with Gasteiger partial charge in [-0.05, 0) is 18.1 Å². The molecule has 1 rings (SSSR count). The molecule has 0 amide bonds. The summed E-state index contributed by atoms with van der Waals surface area (Å²) in [5.74, 6) is -1.02. The van der Waals surface area contributed by atoms with E-state index in [2.05, 4.69) is 4.72 Å². The largest absolute Gasteiger partial charge is 0.326 e. The SMILES string of the molecule is CC(C)C(N)CNS(=O)(=O)c1ccc(F)c([N+](=O)[O-])c1. The van der Waals surface area contributed by atoms with E-state index in [-0.39, 0.29) is 23.4 Å². The average Bonchev–Trinajstić information content (AvgIpc) is 2.35. The van der Waals surface area contributed by atoms with E-state index in [0.29, 0.717) is 6.07 Å². The third-order valence-electron chi connectivity index (χ3n) is 2.79. The number of nitro groups is 1. The smallest absolute Gasteiger partial charge is 0.306 e. The Hall–Kier alpha value is -1.58. The van der Waals surface area contributed by atoms with Gasteiger partial charge >= 0.3 is 5.69 Å². The molecule has 1 atom stereocenters. The van der Waals surface area contributed by atoms with Crippen molar-refractivity contribution in [3.05, 3.63) is 34.1 Å². The maximum Gasteiger partial charge on any atom is 0.306 e. The van der Waals surface area contributed by atoms with Crippen LogP contribution in [0.2, 0.25) is 0 Å². The summed E-state index contributed by atoms with van der Waals surface area (Å²) >= 11 is 0. The maximum absolute atomic E-state index is 13.2. The molecule has 0 fully saturated rings. The minimum Gasteiger partial charge on any atom is -0.326 e. The van der Waals surface area contributed by atoms with Crippen LogP contribution < -0.4 is 10.5 Å². The highest BCUT2D eigenvalue weighted by Gasteiger charge is 2.22. The minimum absolute atomic E-state index is 0.00876. The lowest BCUT2D eigenvalue weighted by atomic mass is 10.1. The first-order valence-corrected chi connectivity index (χ1v) is 7.32. The van der Waals surface area contributed by atoms with Gasteiger partial charge in [0.1, 0.15) is 0 Å². The molecule has 20 heavy (non-hydrogen) atoms. The molecule has 0 aliphatic heterocycles. The molecule has 0 saturated carbocycles. The third-order valence-corrected chi connectivity index (χ3v) is 4.21. The fourth-order valence-corrected chi connectivity index (χ4v) is 2.42. The molecule has 1 unspecified atom stereocenters. The van der Waals surface area contributed by atoms with Gasteiger partial charge in [-0.25, -0.2) is 13.1 Å². The highest BCUT2D eigenvalue weighted by molar-refractivity contribution is 7.89. The molecular formula is C11H16FN3O4S. The van der Waals surface area contributed by atoms with E-state index in [9.17, 15) is 22.9 Å². The first kappa shape index (κ1) is 16.5. The molecule has 3 N–H and O–H groups in total. The summed E-state index contributed by atoms with van der Waals surface area (Å²) < 4.78 is 39.3. The number of sulfonamides is 1. The molecule has 7 nitrogen and oxygen atoms in total. The molecule has 9 heteroatoms. The topological polar surface area (TPSA) is 115 Å². The van der Waals surface area contributed by atoms with Gasteiger partial charge in [-0.2, -0.15) is 4.39 Å². The van der Waals surface area contributed by atoms with Gasteiger partial charge in [-0.3, -0.25) is 10.1 Å². The Kier molecular flexibility index (Phi) is 5.15. The van der Waals surface area contributed by atoms with Gasteiger partial charge in [0.05, 0.1) is 9.82 Å². The number of halogens is 1. The van der Waals surface area contributed by atoms with Crippen molar-refractivity contribution in [2.45, 2.75) is 24.8 Å². The first-order chi connectivity index (χ1) is 9.15. The van der Waals surface area contributed by atoms with Crippen LogP contribution in [0.1, 0.15) is 13.8 Å². The van der Waals surface area contributed by atoms with E-state index >= 15 is 0 Å². The molecule has 0 aromatic heterocycles. The zero-order valence-corrected chi connectivity index (χ0v) is 11.9. The van der Waals surface area contributed by atoms with Crippen molar-refractivity contribution < 1.29 is 17.7 Å². The van der Waals surface area contributed by atoms with Gasteiger partial charge in [0.15, 0.2) is 0 Å². The number of hydrogen-bond donors (Lipinski definition) is 2. The number of nitrogens with one attached hydrogen (secondary N) is 1. The summed E-state index contributed by atoms with van der Waals surface area (Å²) in [6.07, 6.45) is 0. The second-order valence-corrected chi connectivity index (χ2v) is 6.40. The second-order valence-electron chi connectivity index (χ2n) is 4.63. The van der Waals surface area contributed by atoms with Crippen LogP contribution in [0, 0.1) is 21.8 Å². The van der Waals surface area contributed by atoms with Crippen LogP contribution in [0.5, 0.6) is 0 Å². The summed E-state index contributed by atoms with van der Waals surface area (Å²) in [4.78, 5) is 9.24. The molecule has 0 aliphatic rings. The Balaban J connectivity index is 2.99. The average molecular weight is 305 g/mol. The summed E-state index contributed by atoms with van der Waals surface area (Å²) in [7, 11) is -3.96. The Bertz CT molecular complexity index is 604. The molecule has 0 spiro atoms. The van der Waals surface area contributed by atoms with Crippen LogP contribution in [0.4, 0.5) is 10.1 Å². The van der Waals surface area contributed by atoms with Crippen molar-refractivity contribution in [2.24, 2.45) is 11.7 Å². The van der Waals surface area contributed by atoms with Gasteiger partial charge in [0.2, 0.25) is 15.8 Å². The standard InChI is InChI=1S/C11H16FN3O4S/c1-7(2)10(13)6-14-20(18,19)8-3-4-9(12)11(5-8)15(16)17/h3-5,7,10,14H,6,13H2,1-2H3. The fourth-order valence-electron chi connectivity index (χ4n) is 1.32. The van der Waals surface area contributed by atoms with E-state index in [1.165, 1.54) is 0 Å². The van der Waals surface area contributed by atoms with E-state index < -0.39 is 26.5 Å². The number of benzene rings is 1. The van der Waals surface area contributed by atoms with Crippen molar-refractivity contribution >= 4 is 15.7 Å². The van der Waals surface area contributed by atoms with Crippen LogP contribution in [0.3, 0.4) is 0 Å². The quantitative estimate of drug-likeness (QED) is 0.601. The molecule has 0 aliphatic carbocycles. The summed E-state index contributed by atoms with van der Waals surface area (Å²) in [6, 6.07) is 2.00. The Morgan fingerprint density at radius 1 is 1.45 bits per heavy atom. The number of nitrogens with two attached hydrogens (primary N) is 1. The van der Waals surface area contributed by atoms with E-state index in [1.54, 1.807) is 0 Å². The monoisotopic (exact) mass is 305 g/mol. The summed E-state index contributed by atoms with van der Waals surface area (Å²) in [5.41, 5.74) is 4.82. The molecular weight excluding hydrogens is 289 g/mol. The van der Waals surface area contributed by atoms with E-state index in [1.807, 2.05) is 13.8 Å². The van der Waals surface area contributed by atoms with Crippen molar-refractivity contribution in [3.63, 3.8) is 0 Å². The van der Waals surface area contributed by atoms with Crippen LogP contribution in [0.25, 0.3) is 0 Å². The van der Waals surface area contributed by atoms with Crippen molar-refractivity contribution in [1.29, 1.82) is 0 Å². The Labute approximate surface area is 116 Å². The number of nitrogens with zero attached hydrogens (tertiary/aromatic N) is 1. The molecule has 0 radical (unpaired) electrons. The van der Waals surface area contributed by atoms with Gasteiger partial charge in [-0.15, -0.1) is 0 Å². The van der Waals surface area contributed by atoms with Crippen LogP contribution in [0.15, 0.2) is 23.1 Å². The normalized spacial score (nSPS) is 13.4. The lowest BCUT2D eigenvalue weighted by Crippen LogP contribution is -2.40. The highest BCUT2D eigenvalue weighted by atomic mass is 32.2. The summed E-state index contributed by atoms with van der Waals surface area (Å²) in [5, 5.41) is 10.6. The number of nitro benzene ring substituents is 1. The third kappa shape index (κ3) is 3.95. The number of rotatable bonds is 6. The van der Waals surface area contributed by atoms with Crippen molar-refractivity contribution in [2.75, 3.05) is 6.54 Å². The highest BCUT2D eigenvalue weighted by Crippen LogP contribution is 2.21. The fraction of sp³-hybridized carbons (Fsp3) is 0.455. The lowest BCUT2D eigenvalue weighted by molar-refractivity contribution is -0.387. The molecule has 0 heterocycles. The van der Waals surface area contributed by atoms with Crippen LogP contribution in [-0.4, -0.2) is 25.9 Å². The second kappa shape index (κ2) is 6.25. The van der Waals surface area contributed by atoms with E-state index in [4.69, 9.17) is 5.73 Å². The molecule has 0 saturated heterocycles. The Morgan fingerprint density at radius 2 is 2.05 bits per heavy atom. The number of hydrogen-bond acceptors (Lipinski definition) is 5. The maximum atomic E-state index is 13.2. The lowest BCUT2D eigenvalue weighted by Gasteiger charge is -2.16. The van der Waals surface area contributed by atoms with Crippen molar-refractivity contribution in [1.82, 2.24) is 4.72 Å². The van der Waals surface area contributed by atoms with Gasteiger partial charge in [0.25, 0.3) is 0 Å². The molecule has 1 aromatic carbocycles. The summed E-state index contributed by atoms with van der Waals surface area (Å²) in [6.45, 7) is 3.66.